The molecule has 0 fully saturated rings. The summed E-state index contributed by atoms with van der Waals surface area (Å²) in [6.07, 6.45) is 0. The lowest BCUT2D eigenvalue weighted by molar-refractivity contribution is 0.0600. The fraction of sp³-hybridized carbons (Fsp3) is 0.273. The number of nitrogens with zero attached hydrogens (tertiary/aromatic N) is 2. The Hall–Kier alpha value is -2.09. The standard InChI is InChI=1S/C11H12N2O5S/c1-13-10-5-7(11(14)18-2)3-4-8(10)9(12-15)6-19(13,16)17/h3-5,15H,6H2,1-2H3/b12-9+. The van der Waals surface area contributed by atoms with Gasteiger partial charge in [0.15, 0.2) is 0 Å². The summed E-state index contributed by atoms with van der Waals surface area (Å²) in [5, 5.41) is 11.9. The highest BCUT2D eigenvalue weighted by Gasteiger charge is 2.32. The fourth-order valence-corrected chi connectivity index (χ4v) is 3.06. The summed E-state index contributed by atoms with van der Waals surface area (Å²) in [4.78, 5) is 11.4. The lowest BCUT2D eigenvalue weighted by Crippen LogP contribution is -2.38. The fourth-order valence-electron chi connectivity index (χ4n) is 1.86. The molecule has 0 saturated heterocycles. The van der Waals surface area contributed by atoms with Crippen LogP contribution in [0, 0.1) is 0 Å². The van der Waals surface area contributed by atoms with E-state index in [0.29, 0.717) is 5.56 Å². The minimum absolute atomic E-state index is 0.0458. The molecule has 0 amide bonds. The van der Waals surface area contributed by atoms with Gasteiger partial charge in [0, 0.05) is 12.6 Å². The molecule has 1 N–H and O–H groups in total. The molecule has 0 bridgehead atoms. The first-order valence-electron chi connectivity index (χ1n) is 5.31. The maximum Gasteiger partial charge on any atom is 0.337 e. The molecule has 0 aromatic heterocycles. The van der Waals surface area contributed by atoms with Gasteiger partial charge in [0.1, 0.15) is 11.5 Å². The van der Waals surface area contributed by atoms with Crippen molar-refractivity contribution in [2.24, 2.45) is 5.16 Å². The lowest BCUT2D eigenvalue weighted by atomic mass is 10.1. The monoisotopic (exact) mass is 284 g/mol. The number of esters is 1. The number of oxime groups is 1. The van der Waals surface area contributed by atoms with Crippen molar-refractivity contribution in [3.8, 4) is 0 Å². The van der Waals surface area contributed by atoms with Crippen LogP contribution in [0.25, 0.3) is 0 Å². The van der Waals surface area contributed by atoms with E-state index in [9.17, 15) is 13.2 Å². The smallest absolute Gasteiger partial charge is 0.337 e. The molecule has 19 heavy (non-hydrogen) atoms. The number of hydrogen-bond donors (Lipinski definition) is 1. The van der Waals surface area contributed by atoms with Crippen LogP contribution in [-0.4, -0.2) is 45.2 Å². The van der Waals surface area contributed by atoms with Gasteiger partial charge in [0.05, 0.1) is 18.4 Å². The van der Waals surface area contributed by atoms with Crippen molar-refractivity contribution in [1.82, 2.24) is 0 Å². The topological polar surface area (TPSA) is 96.3 Å². The maximum absolute atomic E-state index is 11.9. The van der Waals surface area contributed by atoms with Gasteiger partial charge >= 0.3 is 5.97 Å². The second-order valence-electron chi connectivity index (χ2n) is 3.99. The Morgan fingerprint density at radius 1 is 1.47 bits per heavy atom. The molecule has 0 unspecified atom stereocenters. The zero-order valence-corrected chi connectivity index (χ0v) is 11.1. The van der Waals surface area contributed by atoms with Gasteiger partial charge in [-0.05, 0) is 12.1 Å². The Bertz CT molecular complexity index is 666. The minimum Gasteiger partial charge on any atom is -0.465 e. The molecule has 1 aliphatic heterocycles. The molecule has 1 heterocycles. The summed E-state index contributed by atoms with van der Waals surface area (Å²) in [5.74, 6) is -0.952. The highest BCUT2D eigenvalue weighted by Crippen LogP contribution is 2.29. The summed E-state index contributed by atoms with van der Waals surface area (Å²) >= 11 is 0. The Labute approximate surface area is 110 Å². The third kappa shape index (κ3) is 2.14. The van der Waals surface area contributed by atoms with Crippen LogP contribution in [0.5, 0.6) is 0 Å². The molecule has 7 nitrogen and oxygen atoms in total. The van der Waals surface area contributed by atoms with Crippen LogP contribution in [-0.2, 0) is 14.8 Å². The molecule has 8 heteroatoms. The number of rotatable bonds is 1. The van der Waals surface area contributed by atoms with Crippen molar-refractivity contribution in [3.05, 3.63) is 29.3 Å². The number of ether oxygens (including phenoxy) is 1. The van der Waals surface area contributed by atoms with Crippen LogP contribution >= 0.6 is 0 Å². The lowest BCUT2D eigenvalue weighted by Gasteiger charge is -2.27. The van der Waals surface area contributed by atoms with Gasteiger partial charge in [-0.3, -0.25) is 4.31 Å². The van der Waals surface area contributed by atoms with Crippen LogP contribution in [0.1, 0.15) is 15.9 Å². The molecular weight excluding hydrogens is 272 g/mol. The normalized spacial score (nSPS) is 19.1. The Balaban J connectivity index is 2.65. The molecule has 0 saturated carbocycles. The third-order valence-corrected chi connectivity index (χ3v) is 4.60. The van der Waals surface area contributed by atoms with Gasteiger partial charge in [-0.2, -0.15) is 0 Å². The van der Waals surface area contributed by atoms with Gasteiger partial charge in [-0.1, -0.05) is 11.2 Å². The Morgan fingerprint density at radius 3 is 2.74 bits per heavy atom. The highest BCUT2D eigenvalue weighted by atomic mass is 32.2. The van der Waals surface area contributed by atoms with E-state index < -0.39 is 16.0 Å². The van der Waals surface area contributed by atoms with Crippen molar-refractivity contribution >= 4 is 27.4 Å². The van der Waals surface area contributed by atoms with E-state index in [-0.39, 0.29) is 22.7 Å². The summed E-state index contributed by atoms with van der Waals surface area (Å²) in [6, 6.07) is 4.41. The second-order valence-corrected chi connectivity index (χ2v) is 5.99. The number of sulfonamides is 1. The first-order chi connectivity index (χ1) is 8.90. The van der Waals surface area contributed by atoms with Gasteiger partial charge in [-0.15, -0.1) is 0 Å². The third-order valence-electron chi connectivity index (χ3n) is 2.93. The molecule has 1 aromatic carbocycles. The number of carbonyl (C=O) groups is 1. The molecule has 2 rings (SSSR count). The first-order valence-corrected chi connectivity index (χ1v) is 6.92. The summed E-state index contributed by atoms with van der Waals surface area (Å²) in [6.45, 7) is 0. The first kappa shape index (κ1) is 13.3. The van der Waals surface area contributed by atoms with E-state index in [0.717, 1.165) is 4.31 Å². The van der Waals surface area contributed by atoms with Crippen molar-refractivity contribution in [1.29, 1.82) is 0 Å². The molecule has 0 atom stereocenters. The van der Waals surface area contributed by atoms with E-state index in [2.05, 4.69) is 9.89 Å². The van der Waals surface area contributed by atoms with Crippen molar-refractivity contribution in [2.75, 3.05) is 24.2 Å². The second kappa shape index (κ2) is 4.54. The quantitative estimate of drug-likeness (QED) is 0.458. The van der Waals surface area contributed by atoms with Crippen LogP contribution in [0.15, 0.2) is 23.4 Å². The number of hydrogen-bond acceptors (Lipinski definition) is 6. The van der Waals surface area contributed by atoms with E-state index in [1.165, 1.54) is 32.4 Å². The average molecular weight is 284 g/mol. The van der Waals surface area contributed by atoms with Crippen molar-refractivity contribution in [2.45, 2.75) is 0 Å². The van der Waals surface area contributed by atoms with Crippen molar-refractivity contribution < 1.29 is 23.2 Å². The number of carbonyl (C=O) groups excluding carboxylic acids is 1. The molecule has 0 spiro atoms. The minimum atomic E-state index is -3.59. The summed E-state index contributed by atoms with van der Waals surface area (Å²) in [7, 11) is -0.978. The van der Waals surface area contributed by atoms with Gasteiger partial charge in [-0.25, -0.2) is 13.2 Å². The molecule has 1 aromatic rings. The molecular formula is C11H12N2O5S. The average Bonchev–Trinajstić information content (AvgIpc) is 2.41. The maximum atomic E-state index is 11.9. The predicted molar refractivity (Wildman–Crippen MR) is 68.3 cm³/mol. The van der Waals surface area contributed by atoms with Gasteiger partial charge < -0.3 is 9.94 Å². The highest BCUT2D eigenvalue weighted by molar-refractivity contribution is 7.93. The molecule has 0 aliphatic carbocycles. The van der Waals surface area contributed by atoms with E-state index in [1.807, 2.05) is 0 Å². The van der Waals surface area contributed by atoms with E-state index in [4.69, 9.17) is 5.21 Å². The summed E-state index contributed by atoms with van der Waals surface area (Å²) < 4.78 is 29.4. The Kier molecular flexibility index (Phi) is 3.19. The van der Waals surface area contributed by atoms with Crippen molar-refractivity contribution in [3.63, 3.8) is 0 Å². The number of benzene rings is 1. The van der Waals surface area contributed by atoms with Gasteiger partial charge in [0.25, 0.3) is 0 Å². The largest absolute Gasteiger partial charge is 0.465 e. The zero-order valence-electron chi connectivity index (χ0n) is 10.3. The Morgan fingerprint density at radius 2 is 2.16 bits per heavy atom. The van der Waals surface area contributed by atoms with E-state index in [1.54, 1.807) is 0 Å². The molecule has 0 radical (unpaired) electrons. The zero-order chi connectivity index (χ0) is 14.2. The van der Waals surface area contributed by atoms with Crippen LogP contribution < -0.4 is 4.31 Å². The SMILES string of the molecule is COC(=O)c1ccc2c(c1)N(C)S(=O)(=O)C/C2=N\O. The molecule has 1 aliphatic rings. The van der Waals surface area contributed by atoms with Crippen LogP contribution in [0.4, 0.5) is 5.69 Å². The summed E-state index contributed by atoms with van der Waals surface area (Å²) in [5.41, 5.74) is 1.02. The number of methoxy groups -OCH3 is 1. The predicted octanol–water partition coefficient (Wildman–Crippen LogP) is 0.431. The van der Waals surface area contributed by atoms with Crippen LogP contribution in [0.3, 0.4) is 0 Å². The molecule has 102 valence electrons. The number of anilines is 1. The van der Waals surface area contributed by atoms with E-state index >= 15 is 0 Å². The number of fused-ring (bicyclic) bond motifs is 1. The van der Waals surface area contributed by atoms with Crippen LogP contribution in [0.2, 0.25) is 0 Å². The van der Waals surface area contributed by atoms with Gasteiger partial charge in [0.2, 0.25) is 10.0 Å².